The van der Waals surface area contributed by atoms with Crippen molar-refractivity contribution in [1.29, 1.82) is 0 Å². The van der Waals surface area contributed by atoms with Gasteiger partial charge in [0.1, 0.15) is 17.1 Å². The second-order valence-corrected chi connectivity index (χ2v) is 13.4. The second kappa shape index (κ2) is 11.4. The van der Waals surface area contributed by atoms with Crippen molar-refractivity contribution < 1.29 is 41.0 Å². The molecule has 3 aliphatic rings. The molecule has 0 aliphatic heterocycles. The Morgan fingerprint density at radius 1 is 0.673 bits per heavy atom. The summed E-state index contributed by atoms with van der Waals surface area (Å²) in [6.45, 7) is 7.08. The highest BCUT2D eigenvalue weighted by molar-refractivity contribution is 5.93. The fraction of sp³-hybridized carbons (Fsp3) is 0.200. The van der Waals surface area contributed by atoms with Gasteiger partial charge in [-0.05, 0) is 79.6 Å². The van der Waals surface area contributed by atoms with E-state index >= 15 is 0 Å². The van der Waals surface area contributed by atoms with Crippen molar-refractivity contribution in [3.8, 4) is 11.5 Å². The fourth-order valence-corrected chi connectivity index (χ4v) is 7.21. The zero-order valence-corrected chi connectivity index (χ0v) is 26.9. The Morgan fingerprint density at radius 2 is 1.18 bits per heavy atom. The lowest BCUT2D eigenvalue weighted by Gasteiger charge is -2.51. The van der Waals surface area contributed by atoms with Gasteiger partial charge in [0, 0.05) is 17.0 Å². The third kappa shape index (κ3) is 4.77. The summed E-state index contributed by atoms with van der Waals surface area (Å²) in [6.07, 6.45) is 0.317. The van der Waals surface area contributed by atoms with Crippen molar-refractivity contribution in [3.63, 3.8) is 0 Å². The van der Waals surface area contributed by atoms with Crippen LogP contribution in [0.2, 0.25) is 0 Å². The number of rotatable bonds is 5. The molecule has 0 amide bonds. The van der Waals surface area contributed by atoms with Gasteiger partial charge in [-0.25, -0.2) is 26.7 Å². The minimum Gasteiger partial charge on any atom is -0.426 e. The molecule has 0 N–H and O–H groups in total. The first-order valence-electron chi connectivity index (χ1n) is 15.6. The summed E-state index contributed by atoms with van der Waals surface area (Å²) in [5.74, 6) is -14.4. The molecule has 4 nitrogen and oxygen atoms in total. The lowest BCUT2D eigenvalue weighted by Crippen LogP contribution is -2.44. The Kier molecular flexibility index (Phi) is 7.50. The third-order valence-corrected chi connectivity index (χ3v) is 9.49. The quantitative estimate of drug-likeness (QED) is 0.0616. The molecule has 0 saturated carbocycles. The first kappa shape index (κ1) is 32.2. The monoisotopic (exact) mass is 668 g/mol. The molecule has 3 aliphatic carbocycles. The van der Waals surface area contributed by atoms with Crippen LogP contribution in [0.3, 0.4) is 0 Å². The molecule has 49 heavy (non-hydrogen) atoms. The molecule has 0 radical (unpaired) electrons. The van der Waals surface area contributed by atoms with Crippen LogP contribution in [-0.4, -0.2) is 11.9 Å². The Labute approximate surface area is 279 Å². The molecule has 0 heterocycles. The number of ether oxygens (including phenoxy) is 2. The maximum Gasteiger partial charge on any atom is 0.349 e. The van der Waals surface area contributed by atoms with E-state index < -0.39 is 63.3 Å². The summed E-state index contributed by atoms with van der Waals surface area (Å²) < 4.78 is 83.9. The first-order chi connectivity index (χ1) is 23.3. The van der Waals surface area contributed by atoms with Gasteiger partial charge in [0.15, 0.2) is 23.3 Å². The van der Waals surface area contributed by atoms with E-state index in [0.29, 0.717) is 17.5 Å². The van der Waals surface area contributed by atoms with Crippen molar-refractivity contribution in [2.75, 3.05) is 0 Å². The standard InChI is InChI=1S/C40H29F5O4/c1-20-11-5-6-12-21(20)19-40-24-15-9-7-13-22(24)28(23-14-8-10-16-25(23)40)29-26(49-38(47)39(2,3)4)17-18-27(31(29)40)48-37(46)30-32(41)34(43)36(45)35(44)33(30)42/h5-18,28H,19H2,1-4H3. The highest BCUT2D eigenvalue weighted by atomic mass is 19.2. The van der Waals surface area contributed by atoms with Crippen LogP contribution >= 0.6 is 0 Å². The SMILES string of the molecule is Cc1ccccc1CC12c3ccccc3C(c3ccccc31)c1c(OC(=O)C(C)(C)C)ccc(OC(=O)c3c(F)c(F)c(F)c(F)c3F)c12. The van der Waals surface area contributed by atoms with Gasteiger partial charge in [0.25, 0.3) is 0 Å². The van der Waals surface area contributed by atoms with E-state index in [0.717, 1.165) is 33.4 Å². The number of esters is 2. The van der Waals surface area contributed by atoms with E-state index in [4.69, 9.17) is 9.47 Å². The zero-order valence-electron chi connectivity index (χ0n) is 26.9. The van der Waals surface area contributed by atoms with Crippen LogP contribution in [0.5, 0.6) is 11.5 Å². The van der Waals surface area contributed by atoms with E-state index in [2.05, 4.69) is 0 Å². The maximum atomic E-state index is 14.9. The number of halogens is 5. The number of aryl methyl sites for hydroxylation is 1. The molecular formula is C40H29F5O4. The van der Waals surface area contributed by atoms with Crippen molar-refractivity contribution in [1.82, 2.24) is 0 Å². The number of carbonyl (C=O) groups excluding carboxylic acids is 2. The maximum absolute atomic E-state index is 14.9. The predicted octanol–water partition coefficient (Wildman–Crippen LogP) is 9.25. The van der Waals surface area contributed by atoms with Crippen LogP contribution in [0.25, 0.3) is 0 Å². The third-order valence-electron chi connectivity index (χ3n) is 9.49. The van der Waals surface area contributed by atoms with E-state index in [1.165, 1.54) is 12.1 Å². The normalized spacial score (nSPS) is 17.2. The lowest BCUT2D eigenvalue weighted by atomic mass is 9.51. The Bertz CT molecular complexity index is 2140. The van der Waals surface area contributed by atoms with Crippen LogP contribution in [-0.2, 0) is 16.6 Å². The predicted molar refractivity (Wildman–Crippen MR) is 171 cm³/mol. The number of hydrogen-bond acceptors (Lipinski definition) is 4. The molecule has 9 heteroatoms. The van der Waals surface area contributed by atoms with Crippen LogP contribution in [0, 0.1) is 41.4 Å². The molecule has 8 rings (SSSR count). The molecule has 0 saturated heterocycles. The van der Waals surface area contributed by atoms with Gasteiger partial charge in [-0.15, -0.1) is 0 Å². The minimum atomic E-state index is -2.39. The Morgan fingerprint density at radius 3 is 1.76 bits per heavy atom. The summed E-state index contributed by atoms with van der Waals surface area (Å²) >= 11 is 0. The molecule has 2 bridgehead atoms. The Hall–Kier alpha value is -5.31. The smallest absolute Gasteiger partial charge is 0.349 e. The van der Waals surface area contributed by atoms with Gasteiger partial charge in [0.2, 0.25) is 5.82 Å². The van der Waals surface area contributed by atoms with Crippen molar-refractivity contribution in [2.24, 2.45) is 5.41 Å². The average Bonchev–Trinajstić information content (AvgIpc) is 3.08. The number of carbonyl (C=O) groups is 2. The molecule has 248 valence electrons. The largest absolute Gasteiger partial charge is 0.426 e. The van der Waals surface area contributed by atoms with Crippen molar-refractivity contribution >= 4 is 11.9 Å². The molecule has 0 atom stereocenters. The van der Waals surface area contributed by atoms with E-state index in [1.54, 1.807) is 20.8 Å². The molecular weight excluding hydrogens is 639 g/mol. The second-order valence-electron chi connectivity index (χ2n) is 13.4. The van der Waals surface area contributed by atoms with Crippen molar-refractivity contribution in [3.05, 3.63) is 164 Å². The average molecular weight is 669 g/mol. The van der Waals surface area contributed by atoms with E-state index in [-0.39, 0.29) is 11.5 Å². The number of hydrogen-bond donors (Lipinski definition) is 0. The zero-order chi connectivity index (χ0) is 35.0. The first-order valence-corrected chi connectivity index (χ1v) is 15.6. The van der Waals surface area contributed by atoms with Gasteiger partial charge in [0.05, 0.1) is 10.8 Å². The van der Waals surface area contributed by atoms with Crippen LogP contribution in [0.4, 0.5) is 22.0 Å². The minimum absolute atomic E-state index is 0.179. The van der Waals surface area contributed by atoms with Gasteiger partial charge in [-0.2, -0.15) is 0 Å². The van der Waals surface area contributed by atoms with Gasteiger partial charge in [-0.1, -0.05) is 72.8 Å². The summed E-state index contributed by atoms with van der Waals surface area (Å²) in [5.41, 5.74) is 2.60. The Balaban J connectivity index is 1.55. The fourth-order valence-electron chi connectivity index (χ4n) is 7.21. The molecule has 0 fully saturated rings. The van der Waals surface area contributed by atoms with Gasteiger partial charge >= 0.3 is 11.9 Å². The summed E-state index contributed by atoms with van der Waals surface area (Å²) in [5, 5.41) is 0. The molecule has 0 spiro atoms. The summed E-state index contributed by atoms with van der Waals surface area (Å²) in [7, 11) is 0. The molecule has 5 aromatic rings. The van der Waals surface area contributed by atoms with Gasteiger partial charge < -0.3 is 9.47 Å². The lowest BCUT2D eigenvalue weighted by molar-refractivity contribution is -0.143. The van der Waals surface area contributed by atoms with E-state index in [1.807, 2.05) is 79.7 Å². The van der Waals surface area contributed by atoms with Gasteiger partial charge in [-0.3, -0.25) is 4.79 Å². The van der Waals surface area contributed by atoms with Crippen LogP contribution in [0.15, 0.2) is 84.9 Å². The van der Waals surface area contributed by atoms with Crippen LogP contribution in [0.1, 0.15) is 81.6 Å². The van der Waals surface area contributed by atoms with E-state index in [9.17, 15) is 31.5 Å². The van der Waals surface area contributed by atoms with Crippen molar-refractivity contribution in [2.45, 2.75) is 45.4 Å². The number of benzene rings is 5. The molecule has 5 aromatic carbocycles. The topological polar surface area (TPSA) is 52.6 Å². The van der Waals surface area contributed by atoms with Crippen LogP contribution < -0.4 is 9.47 Å². The highest BCUT2D eigenvalue weighted by Gasteiger charge is 2.55. The summed E-state index contributed by atoms with van der Waals surface area (Å²) in [6, 6.07) is 25.9. The highest BCUT2D eigenvalue weighted by Crippen LogP contribution is 2.64. The molecule has 0 aromatic heterocycles. The summed E-state index contributed by atoms with van der Waals surface area (Å²) in [4.78, 5) is 26.9. The molecule has 0 unspecified atom stereocenters.